The summed E-state index contributed by atoms with van der Waals surface area (Å²) in [6.45, 7) is 9.77. The van der Waals surface area contributed by atoms with Crippen LogP contribution in [0.2, 0.25) is 0 Å². The van der Waals surface area contributed by atoms with Gasteiger partial charge in [-0.25, -0.2) is 17.5 Å². The van der Waals surface area contributed by atoms with Crippen molar-refractivity contribution in [2.45, 2.75) is 51.6 Å². The topological polar surface area (TPSA) is 58.2 Å². The van der Waals surface area contributed by atoms with E-state index in [1.165, 1.54) is 12.1 Å². The lowest BCUT2D eigenvalue weighted by molar-refractivity contribution is 0.491. The monoisotopic (exact) mass is 302 g/mol. The van der Waals surface area contributed by atoms with Gasteiger partial charge in [-0.3, -0.25) is 0 Å². The first kappa shape index (κ1) is 17.1. The van der Waals surface area contributed by atoms with E-state index in [2.05, 4.69) is 10.0 Å². The molecule has 1 aromatic carbocycles. The van der Waals surface area contributed by atoms with E-state index in [9.17, 15) is 12.8 Å². The van der Waals surface area contributed by atoms with E-state index >= 15 is 0 Å². The molecule has 0 atom stereocenters. The van der Waals surface area contributed by atoms with Crippen molar-refractivity contribution < 1.29 is 12.8 Å². The van der Waals surface area contributed by atoms with Crippen LogP contribution in [0.1, 0.15) is 38.8 Å². The molecule has 1 rings (SSSR count). The van der Waals surface area contributed by atoms with Crippen LogP contribution in [0.4, 0.5) is 4.39 Å². The standard InChI is InChI=1S/C14H23FN2O2S/c1-6-16-9-11-8-12(7-10(2)13(11)15)20(18,19)17-14(3,4)5/h7-8,16-17H,6,9H2,1-5H3. The van der Waals surface area contributed by atoms with Gasteiger partial charge in [0.1, 0.15) is 5.82 Å². The fraction of sp³-hybridized carbons (Fsp3) is 0.571. The Bertz CT molecular complexity index is 578. The highest BCUT2D eigenvalue weighted by Crippen LogP contribution is 2.20. The second-order valence-electron chi connectivity index (χ2n) is 5.85. The summed E-state index contributed by atoms with van der Waals surface area (Å²) in [6.07, 6.45) is 0. The number of rotatable bonds is 5. The number of aryl methyl sites for hydroxylation is 1. The lowest BCUT2D eigenvalue weighted by Crippen LogP contribution is -2.40. The Labute approximate surface area is 120 Å². The lowest BCUT2D eigenvalue weighted by Gasteiger charge is -2.21. The van der Waals surface area contributed by atoms with Gasteiger partial charge in [-0.1, -0.05) is 6.92 Å². The lowest BCUT2D eigenvalue weighted by atomic mass is 10.1. The molecular weight excluding hydrogens is 279 g/mol. The van der Waals surface area contributed by atoms with Gasteiger partial charge < -0.3 is 5.32 Å². The first-order valence-corrected chi connectivity index (χ1v) is 8.09. The van der Waals surface area contributed by atoms with Crippen LogP contribution >= 0.6 is 0 Å². The van der Waals surface area contributed by atoms with Gasteiger partial charge in [-0.05, 0) is 51.9 Å². The average Bonchev–Trinajstić information content (AvgIpc) is 2.27. The molecular formula is C14H23FN2O2S. The van der Waals surface area contributed by atoms with E-state index in [-0.39, 0.29) is 10.7 Å². The van der Waals surface area contributed by atoms with Crippen molar-refractivity contribution in [1.82, 2.24) is 10.0 Å². The molecule has 0 aromatic heterocycles. The van der Waals surface area contributed by atoms with Crippen molar-refractivity contribution in [1.29, 1.82) is 0 Å². The minimum absolute atomic E-state index is 0.0965. The average molecular weight is 302 g/mol. The molecule has 1 aromatic rings. The third kappa shape index (κ3) is 4.54. The predicted octanol–water partition coefficient (Wildman–Crippen LogP) is 2.32. The molecule has 6 heteroatoms. The van der Waals surface area contributed by atoms with Gasteiger partial charge >= 0.3 is 0 Å². The van der Waals surface area contributed by atoms with Gasteiger partial charge in [0.15, 0.2) is 0 Å². The molecule has 0 aliphatic rings. The molecule has 0 saturated carbocycles. The van der Waals surface area contributed by atoms with Crippen molar-refractivity contribution in [3.05, 3.63) is 29.1 Å². The largest absolute Gasteiger partial charge is 0.313 e. The number of hydrogen-bond acceptors (Lipinski definition) is 3. The molecule has 0 bridgehead atoms. The molecule has 0 saturated heterocycles. The van der Waals surface area contributed by atoms with Crippen LogP contribution < -0.4 is 10.0 Å². The highest BCUT2D eigenvalue weighted by molar-refractivity contribution is 7.89. The molecule has 0 amide bonds. The van der Waals surface area contributed by atoms with E-state index in [4.69, 9.17) is 0 Å². The van der Waals surface area contributed by atoms with Crippen molar-refractivity contribution in [3.8, 4) is 0 Å². The first-order valence-electron chi connectivity index (χ1n) is 6.60. The van der Waals surface area contributed by atoms with E-state index in [0.29, 0.717) is 24.2 Å². The molecule has 0 aliphatic carbocycles. The van der Waals surface area contributed by atoms with Gasteiger partial charge in [0.25, 0.3) is 0 Å². The molecule has 0 radical (unpaired) electrons. The Kier molecular flexibility index (Phi) is 5.29. The van der Waals surface area contributed by atoms with E-state index in [0.717, 1.165) is 0 Å². The third-order valence-corrected chi connectivity index (χ3v) is 4.36. The second-order valence-corrected chi connectivity index (χ2v) is 7.53. The zero-order valence-electron chi connectivity index (χ0n) is 12.7. The Balaban J connectivity index is 3.22. The SMILES string of the molecule is CCNCc1cc(S(=O)(=O)NC(C)(C)C)cc(C)c1F. The van der Waals surface area contributed by atoms with Crippen molar-refractivity contribution in [3.63, 3.8) is 0 Å². The Morgan fingerprint density at radius 2 is 1.85 bits per heavy atom. The maximum absolute atomic E-state index is 14.0. The summed E-state index contributed by atoms with van der Waals surface area (Å²) in [7, 11) is -3.65. The summed E-state index contributed by atoms with van der Waals surface area (Å²) in [5.41, 5.74) is 0.110. The highest BCUT2D eigenvalue weighted by Gasteiger charge is 2.23. The predicted molar refractivity (Wildman–Crippen MR) is 78.6 cm³/mol. The van der Waals surface area contributed by atoms with Crippen molar-refractivity contribution in [2.24, 2.45) is 0 Å². The number of halogens is 1. The maximum Gasteiger partial charge on any atom is 0.241 e. The summed E-state index contributed by atoms with van der Waals surface area (Å²) in [4.78, 5) is 0.0965. The van der Waals surface area contributed by atoms with Crippen molar-refractivity contribution >= 4 is 10.0 Å². The third-order valence-electron chi connectivity index (χ3n) is 2.62. The van der Waals surface area contributed by atoms with Gasteiger partial charge in [-0.2, -0.15) is 0 Å². The maximum atomic E-state index is 14.0. The summed E-state index contributed by atoms with van der Waals surface area (Å²) < 4.78 is 41.1. The van der Waals surface area contributed by atoms with Crippen LogP contribution in [0.3, 0.4) is 0 Å². The zero-order chi connectivity index (χ0) is 15.6. The van der Waals surface area contributed by atoms with Crippen LogP contribution in [0.5, 0.6) is 0 Å². The van der Waals surface area contributed by atoms with Gasteiger partial charge in [0, 0.05) is 17.6 Å². The zero-order valence-corrected chi connectivity index (χ0v) is 13.5. The quantitative estimate of drug-likeness (QED) is 0.877. The molecule has 0 spiro atoms. The summed E-state index contributed by atoms with van der Waals surface area (Å²) >= 11 is 0. The minimum Gasteiger partial charge on any atom is -0.313 e. The van der Waals surface area contributed by atoms with Crippen LogP contribution in [0.25, 0.3) is 0 Å². The fourth-order valence-electron chi connectivity index (χ4n) is 1.81. The molecule has 20 heavy (non-hydrogen) atoms. The van der Waals surface area contributed by atoms with Gasteiger partial charge in [0.05, 0.1) is 4.90 Å². The molecule has 4 nitrogen and oxygen atoms in total. The number of benzene rings is 1. The molecule has 0 heterocycles. The molecule has 2 N–H and O–H groups in total. The first-order chi connectivity index (χ1) is 9.07. The summed E-state index contributed by atoms with van der Waals surface area (Å²) in [6, 6.07) is 2.75. The smallest absolute Gasteiger partial charge is 0.241 e. The van der Waals surface area contributed by atoms with E-state index in [1.54, 1.807) is 27.7 Å². The molecule has 0 unspecified atom stereocenters. The fourth-order valence-corrected chi connectivity index (χ4v) is 3.37. The summed E-state index contributed by atoms with van der Waals surface area (Å²) in [5.74, 6) is -0.361. The summed E-state index contributed by atoms with van der Waals surface area (Å²) in [5, 5.41) is 3.00. The van der Waals surface area contributed by atoms with Gasteiger partial charge in [0.2, 0.25) is 10.0 Å². The molecule has 0 fully saturated rings. The van der Waals surface area contributed by atoms with E-state index < -0.39 is 15.6 Å². The van der Waals surface area contributed by atoms with Gasteiger partial charge in [-0.15, -0.1) is 0 Å². The Hall–Kier alpha value is -0.980. The normalized spacial score (nSPS) is 12.7. The number of nitrogens with one attached hydrogen (secondary N) is 2. The molecule has 114 valence electrons. The minimum atomic E-state index is -3.65. The Morgan fingerprint density at radius 1 is 1.25 bits per heavy atom. The number of sulfonamides is 1. The van der Waals surface area contributed by atoms with E-state index in [1.807, 2.05) is 6.92 Å². The van der Waals surface area contributed by atoms with Crippen LogP contribution in [-0.4, -0.2) is 20.5 Å². The van der Waals surface area contributed by atoms with Crippen LogP contribution in [0.15, 0.2) is 17.0 Å². The number of hydrogen-bond donors (Lipinski definition) is 2. The Morgan fingerprint density at radius 3 is 2.35 bits per heavy atom. The molecule has 0 aliphatic heterocycles. The second kappa shape index (κ2) is 6.20. The van der Waals surface area contributed by atoms with Crippen LogP contribution in [-0.2, 0) is 16.6 Å². The van der Waals surface area contributed by atoms with Crippen LogP contribution in [0, 0.1) is 12.7 Å². The highest BCUT2D eigenvalue weighted by atomic mass is 32.2. The van der Waals surface area contributed by atoms with Crippen molar-refractivity contribution in [2.75, 3.05) is 6.54 Å².